The van der Waals surface area contributed by atoms with Crippen LogP contribution in [0.1, 0.15) is 53.0 Å². The van der Waals surface area contributed by atoms with E-state index in [9.17, 15) is 19.7 Å². The van der Waals surface area contributed by atoms with Crippen LogP contribution in [0.5, 0.6) is 0 Å². The fourth-order valence-electron chi connectivity index (χ4n) is 3.51. The number of rotatable bonds is 5. The Kier molecular flexibility index (Phi) is 5.98. The molecule has 0 aromatic carbocycles. The lowest BCUT2D eigenvalue weighted by atomic mass is 9.75. The van der Waals surface area contributed by atoms with E-state index in [-0.39, 0.29) is 11.8 Å². The molecule has 1 heterocycles. The molecule has 1 aliphatic rings. The molecule has 1 aliphatic carbocycles. The number of carbonyl (C=O) groups is 1. The number of ether oxygens (including phenoxy) is 1. The standard InChI is InChI=1S/C18H26N2O5/c1-11(2)15-7-5-12(3)9-16(15)25-18(22)13(4)19-10-14(20(23)24)6-8-17(19)21/h6,8,10-13,15-16H,5,7,9H2,1-4H3. The zero-order chi connectivity index (χ0) is 18.7. The summed E-state index contributed by atoms with van der Waals surface area (Å²) in [4.78, 5) is 34.9. The summed E-state index contributed by atoms with van der Waals surface area (Å²) in [7, 11) is 0. The smallest absolute Gasteiger partial charge is 0.329 e. The molecule has 4 atom stereocenters. The highest BCUT2D eigenvalue weighted by Gasteiger charge is 2.34. The molecule has 138 valence electrons. The van der Waals surface area contributed by atoms with E-state index in [0.29, 0.717) is 17.8 Å². The first-order chi connectivity index (χ1) is 11.7. The molecule has 0 N–H and O–H groups in total. The molecule has 1 aromatic heterocycles. The monoisotopic (exact) mass is 350 g/mol. The summed E-state index contributed by atoms with van der Waals surface area (Å²) in [5.41, 5.74) is -0.696. The van der Waals surface area contributed by atoms with Gasteiger partial charge < -0.3 is 4.74 Å². The maximum Gasteiger partial charge on any atom is 0.329 e. The van der Waals surface area contributed by atoms with Gasteiger partial charge in [0.05, 0.1) is 11.1 Å². The molecule has 0 aliphatic heterocycles. The van der Waals surface area contributed by atoms with Crippen molar-refractivity contribution in [2.45, 2.75) is 59.1 Å². The molecule has 1 fully saturated rings. The van der Waals surface area contributed by atoms with Gasteiger partial charge in [0.1, 0.15) is 12.1 Å². The summed E-state index contributed by atoms with van der Waals surface area (Å²) in [6, 6.07) is 1.33. The third kappa shape index (κ3) is 4.46. The summed E-state index contributed by atoms with van der Waals surface area (Å²) in [5.74, 6) is 0.673. The van der Waals surface area contributed by atoms with E-state index in [2.05, 4.69) is 20.8 Å². The van der Waals surface area contributed by atoms with Crippen molar-refractivity contribution in [3.8, 4) is 0 Å². The predicted octanol–water partition coefficient (Wildman–Crippen LogP) is 3.32. The zero-order valence-corrected chi connectivity index (χ0v) is 15.2. The van der Waals surface area contributed by atoms with Gasteiger partial charge in [0, 0.05) is 12.1 Å². The van der Waals surface area contributed by atoms with Gasteiger partial charge in [0.25, 0.3) is 11.2 Å². The minimum Gasteiger partial charge on any atom is -0.461 e. The summed E-state index contributed by atoms with van der Waals surface area (Å²) in [6.45, 7) is 7.92. The van der Waals surface area contributed by atoms with Gasteiger partial charge in [0.15, 0.2) is 0 Å². The Morgan fingerprint density at radius 2 is 2.00 bits per heavy atom. The van der Waals surface area contributed by atoms with Crippen LogP contribution in [0.25, 0.3) is 0 Å². The van der Waals surface area contributed by atoms with E-state index >= 15 is 0 Å². The number of pyridine rings is 1. The number of carbonyl (C=O) groups excluding carboxylic acids is 1. The van der Waals surface area contributed by atoms with E-state index < -0.39 is 22.5 Å². The molecule has 0 spiro atoms. The molecule has 7 nitrogen and oxygen atoms in total. The first kappa shape index (κ1) is 19.1. The van der Waals surface area contributed by atoms with Gasteiger partial charge >= 0.3 is 5.97 Å². The second-order valence-corrected chi connectivity index (χ2v) is 7.37. The van der Waals surface area contributed by atoms with Crippen LogP contribution in [0.2, 0.25) is 0 Å². The van der Waals surface area contributed by atoms with Gasteiger partial charge in [-0.2, -0.15) is 0 Å². The Balaban J connectivity index is 2.18. The van der Waals surface area contributed by atoms with Crippen LogP contribution in [-0.2, 0) is 9.53 Å². The third-order valence-corrected chi connectivity index (χ3v) is 5.12. The predicted molar refractivity (Wildman–Crippen MR) is 93.3 cm³/mol. The van der Waals surface area contributed by atoms with Crippen molar-refractivity contribution < 1.29 is 14.5 Å². The normalized spacial score (nSPS) is 24.8. The summed E-state index contributed by atoms with van der Waals surface area (Å²) in [5, 5.41) is 10.9. The molecular formula is C18H26N2O5. The number of esters is 1. The van der Waals surface area contributed by atoms with Crippen molar-refractivity contribution in [1.82, 2.24) is 4.57 Å². The van der Waals surface area contributed by atoms with Crippen LogP contribution in [0.4, 0.5) is 5.69 Å². The Morgan fingerprint density at radius 3 is 2.60 bits per heavy atom. The van der Waals surface area contributed by atoms with Crippen molar-refractivity contribution >= 4 is 11.7 Å². The molecule has 2 rings (SSSR count). The topological polar surface area (TPSA) is 91.4 Å². The Labute approximate surface area is 147 Å². The maximum absolute atomic E-state index is 12.6. The van der Waals surface area contributed by atoms with Crippen molar-refractivity contribution in [3.05, 3.63) is 38.8 Å². The molecule has 4 unspecified atom stereocenters. The van der Waals surface area contributed by atoms with Gasteiger partial charge in [-0.15, -0.1) is 0 Å². The van der Waals surface area contributed by atoms with E-state index in [4.69, 9.17) is 4.74 Å². The van der Waals surface area contributed by atoms with Crippen molar-refractivity contribution in [3.63, 3.8) is 0 Å². The maximum atomic E-state index is 12.6. The first-order valence-electron chi connectivity index (χ1n) is 8.77. The number of aromatic nitrogens is 1. The lowest BCUT2D eigenvalue weighted by Crippen LogP contribution is -2.38. The lowest BCUT2D eigenvalue weighted by molar-refractivity contribution is -0.385. The third-order valence-electron chi connectivity index (χ3n) is 5.12. The second kappa shape index (κ2) is 7.80. The second-order valence-electron chi connectivity index (χ2n) is 7.37. The molecule has 25 heavy (non-hydrogen) atoms. The Hall–Kier alpha value is -2.18. The van der Waals surface area contributed by atoms with Crippen LogP contribution < -0.4 is 5.56 Å². The molecule has 1 aromatic rings. The van der Waals surface area contributed by atoms with Crippen LogP contribution in [0.15, 0.2) is 23.1 Å². The molecule has 0 radical (unpaired) electrons. The van der Waals surface area contributed by atoms with E-state index in [0.717, 1.165) is 42.2 Å². The number of nitrogens with zero attached hydrogens (tertiary/aromatic N) is 2. The molecule has 0 amide bonds. The Morgan fingerprint density at radius 1 is 1.32 bits per heavy atom. The van der Waals surface area contributed by atoms with E-state index in [1.54, 1.807) is 0 Å². The largest absolute Gasteiger partial charge is 0.461 e. The van der Waals surface area contributed by atoms with Crippen molar-refractivity contribution in [2.24, 2.45) is 17.8 Å². The first-order valence-corrected chi connectivity index (χ1v) is 8.77. The number of hydrogen-bond donors (Lipinski definition) is 0. The summed E-state index contributed by atoms with van der Waals surface area (Å²) >= 11 is 0. The van der Waals surface area contributed by atoms with E-state index in [1.807, 2.05) is 0 Å². The number of hydrogen-bond acceptors (Lipinski definition) is 5. The quantitative estimate of drug-likeness (QED) is 0.461. The fraction of sp³-hybridized carbons (Fsp3) is 0.667. The van der Waals surface area contributed by atoms with Gasteiger partial charge in [-0.1, -0.05) is 27.2 Å². The minimum atomic E-state index is -0.905. The molecule has 0 saturated heterocycles. The Bertz CT molecular complexity index is 697. The SMILES string of the molecule is CC1CCC(C(C)C)C(OC(=O)C(C)n2cc([N+](=O)[O-])ccc2=O)C1. The van der Waals surface area contributed by atoms with Gasteiger partial charge in [-0.3, -0.25) is 19.5 Å². The van der Waals surface area contributed by atoms with Crippen LogP contribution in [-0.4, -0.2) is 21.6 Å². The zero-order valence-electron chi connectivity index (χ0n) is 15.2. The molecular weight excluding hydrogens is 324 g/mol. The molecule has 7 heteroatoms. The highest BCUT2D eigenvalue weighted by atomic mass is 16.6. The summed E-state index contributed by atoms with van der Waals surface area (Å²) in [6.07, 6.45) is 3.87. The minimum absolute atomic E-state index is 0.173. The fourth-order valence-corrected chi connectivity index (χ4v) is 3.51. The molecule has 0 bridgehead atoms. The van der Waals surface area contributed by atoms with Crippen LogP contribution in [0.3, 0.4) is 0 Å². The highest BCUT2D eigenvalue weighted by Crippen LogP contribution is 2.35. The van der Waals surface area contributed by atoms with Crippen molar-refractivity contribution in [1.29, 1.82) is 0 Å². The van der Waals surface area contributed by atoms with Gasteiger partial charge in [-0.05, 0) is 37.5 Å². The average Bonchev–Trinajstić information content (AvgIpc) is 2.54. The van der Waals surface area contributed by atoms with Crippen LogP contribution in [0, 0.1) is 27.9 Å². The van der Waals surface area contributed by atoms with Gasteiger partial charge in [0.2, 0.25) is 0 Å². The van der Waals surface area contributed by atoms with E-state index in [1.165, 1.54) is 6.92 Å². The molecule has 1 saturated carbocycles. The van der Waals surface area contributed by atoms with Crippen LogP contribution >= 0.6 is 0 Å². The van der Waals surface area contributed by atoms with Crippen molar-refractivity contribution in [2.75, 3.05) is 0 Å². The summed E-state index contributed by atoms with van der Waals surface area (Å²) < 4.78 is 6.81. The lowest BCUT2D eigenvalue weighted by Gasteiger charge is -2.37. The average molecular weight is 350 g/mol. The highest BCUT2D eigenvalue weighted by molar-refractivity contribution is 5.74. The van der Waals surface area contributed by atoms with Gasteiger partial charge in [-0.25, -0.2) is 4.79 Å². The number of nitro groups is 1.